The van der Waals surface area contributed by atoms with Crippen LogP contribution in [0, 0.1) is 0 Å². The Kier molecular flexibility index (Phi) is 7.36. The zero-order valence-corrected chi connectivity index (χ0v) is 9.33. The average Bonchev–Trinajstić information content (AvgIpc) is 2.22. The minimum Gasteiger partial charge on any atom is -0.498 e. The number of nitrogens with two attached hydrogens (primary N) is 1. The average molecular weight is 255 g/mol. The van der Waals surface area contributed by atoms with E-state index in [2.05, 4.69) is 16.1 Å². The van der Waals surface area contributed by atoms with Gasteiger partial charge in [-0.15, -0.1) is 0 Å². The highest BCUT2D eigenvalue weighted by atomic mass is 19.4. The molecular weight excluding hydrogens is 239 g/mol. The summed E-state index contributed by atoms with van der Waals surface area (Å²) in [5.74, 6) is -0.722. The molecule has 17 heavy (non-hydrogen) atoms. The summed E-state index contributed by atoms with van der Waals surface area (Å²) in [4.78, 5) is 11.2. The Morgan fingerprint density at radius 2 is 2.06 bits per heavy atom. The molecule has 0 aliphatic heterocycles. The molecule has 0 radical (unpaired) electrons. The number of hydrogen-bond donors (Lipinski definition) is 1. The van der Waals surface area contributed by atoms with Crippen molar-refractivity contribution >= 4 is 5.97 Å². The second kappa shape index (κ2) is 7.94. The minimum absolute atomic E-state index is 0.00216. The molecule has 0 saturated carbocycles. The number of hydrogen-bond acceptors (Lipinski definition) is 4. The van der Waals surface area contributed by atoms with Gasteiger partial charge in [-0.1, -0.05) is 6.58 Å². The lowest BCUT2D eigenvalue weighted by atomic mass is 10.1. The predicted molar refractivity (Wildman–Crippen MR) is 55.0 cm³/mol. The van der Waals surface area contributed by atoms with E-state index in [1.807, 2.05) is 0 Å². The van der Waals surface area contributed by atoms with Crippen LogP contribution in [0.1, 0.15) is 19.3 Å². The van der Waals surface area contributed by atoms with Crippen LogP contribution in [0.4, 0.5) is 13.2 Å². The molecule has 0 saturated heterocycles. The maximum atomic E-state index is 11.8. The van der Waals surface area contributed by atoms with Crippen molar-refractivity contribution in [3.8, 4) is 0 Å². The molecule has 0 aromatic carbocycles. The van der Waals surface area contributed by atoms with E-state index < -0.39 is 24.6 Å². The van der Waals surface area contributed by atoms with Crippen molar-refractivity contribution in [1.29, 1.82) is 0 Å². The Labute approximate surface area is 97.6 Å². The van der Waals surface area contributed by atoms with E-state index in [-0.39, 0.29) is 26.1 Å². The lowest BCUT2D eigenvalue weighted by molar-refractivity contribution is -0.148. The lowest BCUT2D eigenvalue weighted by Crippen LogP contribution is -2.33. The van der Waals surface area contributed by atoms with Crippen molar-refractivity contribution in [1.82, 2.24) is 0 Å². The molecule has 1 atom stereocenters. The monoisotopic (exact) mass is 255 g/mol. The summed E-state index contributed by atoms with van der Waals surface area (Å²) in [5.41, 5.74) is 5.36. The van der Waals surface area contributed by atoms with E-state index in [1.165, 1.54) is 6.26 Å². The van der Waals surface area contributed by atoms with Crippen LogP contribution < -0.4 is 5.73 Å². The molecule has 0 heterocycles. The van der Waals surface area contributed by atoms with E-state index in [4.69, 9.17) is 5.73 Å². The minimum atomic E-state index is -4.22. The quantitative estimate of drug-likeness (QED) is 0.408. The number of esters is 1. The fourth-order valence-electron chi connectivity index (χ4n) is 1.02. The smallest absolute Gasteiger partial charge is 0.389 e. The molecule has 2 N–H and O–H groups in total. The Bertz CT molecular complexity index is 243. The standard InChI is InChI=1S/C10H16F3NO3/c1-2-16-6-7-17-9(15)8(14)4-3-5-10(11,12)13/h2,8H,1,3-7,14H2. The second-order valence-electron chi connectivity index (χ2n) is 3.32. The van der Waals surface area contributed by atoms with E-state index >= 15 is 0 Å². The molecule has 0 aliphatic carbocycles. The first-order valence-electron chi connectivity index (χ1n) is 5.08. The van der Waals surface area contributed by atoms with Crippen LogP contribution in [-0.2, 0) is 14.3 Å². The zero-order valence-electron chi connectivity index (χ0n) is 9.33. The van der Waals surface area contributed by atoms with Crippen molar-refractivity contribution in [3.05, 3.63) is 12.8 Å². The van der Waals surface area contributed by atoms with Gasteiger partial charge in [-0.2, -0.15) is 13.2 Å². The Morgan fingerprint density at radius 3 is 2.59 bits per heavy atom. The fraction of sp³-hybridized carbons (Fsp3) is 0.700. The lowest BCUT2D eigenvalue weighted by Gasteiger charge is -2.12. The van der Waals surface area contributed by atoms with Crippen molar-refractivity contribution in [2.75, 3.05) is 13.2 Å². The number of alkyl halides is 3. The summed E-state index contributed by atoms with van der Waals surface area (Å²) in [5, 5.41) is 0. The molecular formula is C10H16F3NO3. The largest absolute Gasteiger partial charge is 0.498 e. The highest BCUT2D eigenvalue weighted by Crippen LogP contribution is 2.22. The zero-order chi connectivity index (χ0) is 13.3. The van der Waals surface area contributed by atoms with Crippen molar-refractivity contribution in [2.45, 2.75) is 31.5 Å². The van der Waals surface area contributed by atoms with Gasteiger partial charge in [-0.05, 0) is 12.8 Å². The van der Waals surface area contributed by atoms with Crippen LogP contribution in [0.25, 0.3) is 0 Å². The van der Waals surface area contributed by atoms with Gasteiger partial charge in [0.05, 0.1) is 6.26 Å². The van der Waals surface area contributed by atoms with Gasteiger partial charge in [0.2, 0.25) is 0 Å². The number of carbonyl (C=O) groups is 1. The third-order valence-electron chi connectivity index (χ3n) is 1.84. The van der Waals surface area contributed by atoms with Crippen molar-refractivity contribution in [3.63, 3.8) is 0 Å². The summed E-state index contributed by atoms with van der Waals surface area (Å²) >= 11 is 0. The van der Waals surface area contributed by atoms with E-state index in [9.17, 15) is 18.0 Å². The van der Waals surface area contributed by atoms with Crippen LogP contribution in [0.15, 0.2) is 12.8 Å². The van der Waals surface area contributed by atoms with Crippen LogP contribution >= 0.6 is 0 Å². The number of halogens is 3. The summed E-state index contributed by atoms with van der Waals surface area (Å²) in [6, 6.07) is -1.03. The molecule has 100 valence electrons. The predicted octanol–water partition coefficient (Wildman–Crippen LogP) is 1.75. The Balaban J connectivity index is 3.64. The van der Waals surface area contributed by atoms with E-state index in [0.29, 0.717) is 0 Å². The number of ether oxygens (including phenoxy) is 2. The molecule has 0 amide bonds. The second-order valence-corrected chi connectivity index (χ2v) is 3.32. The molecule has 0 rings (SSSR count). The summed E-state index contributed by atoms with van der Waals surface area (Å²) in [7, 11) is 0. The molecule has 0 fully saturated rings. The van der Waals surface area contributed by atoms with Gasteiger partial charge in [0.1, 0.15) is 19.3 Å². The number of carbonyl (C=O) groups excluding carboxylic acids is 1. The highest BCUT2D eigenvalue weighted by Gasteiger charge is 2.27. The van der Waals surface area contributed by atoms with E-state index in [0.717, 1.165) is 0 Å². The molecule has 0 bridgehead atoms. The first-order valence-corrected chi connectivity index (χ1v) is 5.08. The molecule has 0 aliphatic rings. The van der Waals surface area contributed by atoms with Gasteiger partial charge in [0, 0.05) is 6.42 Å². The molecule has 7 heteroatoms. The summed E-state index contributed by atoms with van der Waals surface area (Å²) in [6.45, 7) is 3.42. The molecule has 1 unspecified atom stereocenters. The highest BCUT2D eigenvalue weighted by molar-refractivity contribution is 5.75. The molecule has 0 aromatic rings. The topological polar surface area (TPSA) is 61.5 Å². The first-order chi connectivity index (χ1) is 7.87. The summed E-state index contributed by atoms with van der Waals surface area (Å²) in [6.07, 6.45) is -4.23. The van der Waals surface area contributed by atoms with Gasteiger partial charge in [0.15, 0.2) is 0 Å². The SMILES string of the molecule is C=COCCOC(=O)C(N)CCCC(F)(F)F. The molecule has 0 spiro atoms. The normalized spacial score (nSPS) is 12.9. The van der Waals surface area contributed by atoms with Gasteiger partial charge < -0.3 is 15.2 Å². The summed E-state index contributed by atoms with van der Waals surface area (Å²) < 4.78 is 44.8. The third-order valence-corrected chi connectivity index (χ3v) is 1.84. The number of rotatable bonds is 8. The third kappa shape index (κ3) is 9.68. The Morgan fingerprint density at radius 1 is 1.41 bits per heavy atom. The maximum Gasteiger partial charge on any atom is 0.389 e. The van der Waals surface area contributed by atoms with Gasteiger partial charge >= 0.3 is 12.1 Å². The Hall–Kier alpha value is -1.24. The van der Waals surface area contributed by atoms with Gasteiger partial charge in [0.25, 0.3) is 0 Å². The van der Waals surface area contributed by atoms with Crippen LogP contribution in [0.5, 0.6) is 0 Å². The molecule has 4 nitrogen and oxygen atoms in total. The van der Waals surface area contributed by atoms with Crippen molar-refractivity contribution < 1.29 is 27.4 Å². The van der Waals surface area contributed by atoms with Crippen molar-refractivity contribution in [2.24, 2.45) is 5.73 Å². The fourth-order valence-corrected chi connectivity index (χ4v) is 1.02. The van der Waals surface area contributed by atoms with E-state index in [1.54, 1.807) is 0 Å². The van der Waals surface area contributed by atoms with Gasteiger partial charge in [-0.25, -0.2) is 0 Å². The molecule has 0 aromatic heterocycles. The van der Waals surface area contributed by atoms with Crippen LogP contribution in [0.3, 0.4) is 0 Å². The van der Waals surface area contributed by atoms with Crippen LogP contribution in [-0.4, -0.2) is 31.4 Å². The van der Waals surface area contributed by atoms with Gasteiger partial charge in [-0.3, -0.25) is 4.79 Å². The maximum absolute atomic E-state index is 11.8. The first kappa shape index (κ1) is 15.8. The van der Waals surface area contributed by atoms with Crippen LogP contribution in [0.2, 0.25) is 0 Å².